The number of amides is 2. The number of ether oxygens (including phenoxy) is 2. The Kier molecular flexibility index (Phi) is 9.07. The number of hydrogen-bond donors (Lipinski definition) is 1. The smallest absolute Gasteiger partial charge is 0.264 e. The Hall–Kier alpha value is -3.41. The van der Waals surface area contributed by atoms with E-state index in [9.17, 15) is 13.2 Å². The van der Waals surface area contributed by atoms with Crippen molar-refractivity contribution in [3.63, 3.8) is 0 Å². The van der Waals surface area contributed by atoms with Crippen LogP contribution in [0, 0.1) is 5.41 Å². The highest BCUT2D eigenvalue weighted by atomic mass is 32.2. The van der Waals surface area contributed by atoms with Gasteiger partial charge in [-0.2, -0.15) is 0 Å². The first-order chi connectivity index (χ1) is 23.4. The van der Waals surface area contributed by atoms with Crippen molar-refractivity contribution < 1.29 is 27.5 Å². The van der Waals surface area contributed by atoms with Crippen LogP contribution in [-0.2, 0) is 32.5 Å². The number of carbonyl (C=O) groups is 2. The molecular formula is C38H50N4O6S. The molecule has 2 aromatic carbocycles. The Balaban J connectivity index is 1.42. The van der Waals surface area contributed by atoms with Gasteiger partial charge < -0.3 is 23.8 Å². The number of carbonyl (C=O) groups excluding carboxylic acids is 2. The van der Waals surface area contributed by atoms with Gasteiger partial charge in [0.05, 0.1) is 48.8 Å². The lowest BCUT2D eigenvalue weighted by molar-refractivity contribution is -0.164. The summed E-state index contributed by atoms with van der Waals surface area (Å²) in [6.45, 7) is 8.48. The first-order valence-corrected chi connectivity index (χ1v) is 19.5. The SMILES string of the molecule is CCC(C)S(=O)(=O)NC(=O)c1ccc2c(C3CCCCC3)c3n(c2c1)CC(C)(C(=O)N1C2COCC1CN(C)C2)Cc1cc(OC)ccc1-3. The van der Waals surface area contributed by atoms with Gasteiger partial charge >= 0.3 is 0 Å². The molecule has 3 aliphatic heterocycles. The van der Waals surface area contributed by atoms with E-state index in [4.69, 9.17) is 9.47 Å². The number of benzene rings is 2. The summed E-state index contributed by atoms with van der Waals surface area (Å²) in [5.41, 5.74) is 4.85. The number of fused-ring (bicyclic) bond motifs is 7. The second-order valence-corrected chi connectivity index (χ2v) is 17.2. The van der Waals surface area contributed by atoms with Crippen molar-refractivity contribution in [2.75, 3.05) is 40.5 Å². The Morgan fingerprint density at radius 3 is 2.45 bits per heavy atom. The molecule has 49 heavy (non-hydrogen) atoms. The first kappa shape index (κ1) is 34.1. The summed E-state index contributed by atoms with van der Waals surface area (Å²) in [5.74, 6) is 0.570. The third-order valence-corrected chi connectivity index (χ3v) is 13.4. The van der Waals surface area contributed by atoms with Crippen LogP contribution in [0.3, 0.4) is 0 Å². The summed E-state index contributed by atoms with van der Waals surface area (Å²) < 4.78 is 42.1. The van der Waals surface area contributed by atoms with Gasteiger partial charge in [-0.1, -0.05) is 32.3 Å². The van der Waals surface area contributed by atoms with Crippen LogP contribution in [0.2, 0.25) is 0 Å². The quantitative estimate of drug-likeness (QED) is 0.357. The van der Waals surface area contributed by atoms with Gasteiger partial charge in [0.25, 0.3) is 5.91 Å². The van der Waals surface area contributed by atoms with Crippen molar-refractivity contribution in [3.8, 4) is 17.0 Å². The number of nitrogens with one attached hydrogen (secondary N) is 1. The van der Waals surface area contributed by atoms with Crippen molar-refractivity contribution in [3.05, 3.63) is 53.1 Å². The van der Waals surface area contributed by atoms with Crippen LogP contribution in [0.25, 0.3) is 22.2 Å². The average molecular weight is 691 g/mol. The van der Waals surface area contributed by atoms with Gasteiger partial charge in [0.2, 0.25) is 15.9 Å². The molecule has 0 radical (unpaired) electrons. The fraction of sp³-hybridized carbons (Fsp3) is 0.579. The number of likely N-dealkylation sites (N-methyl/N-ethyl adjacent to an activating group) is 1. The summed E-state index contributed by atoms with van der Waals surface area (Å²) in [6, 6.07) is 11.8. The van der Waals surface area contributed by atoms with E-state index in [0.717, 1.165) is 72.2 Å². The van der Waals surface area contributed by atoms with Gasteiger partial charge in [-0.15, -0.1) is 0 Å². The van der Waals surface area contributed by atoms with Crippen LogP contribution in [0.15, 0.2) is 36.4 Å². The Labute approximate surface area is 290 Å². The molecule has 3 aromatic rings. The fourth-order valence-corrected chi connectivity index (χ4v) is 9.86. The highest BCUT2D eigenvalue weighted by molar-refractivity contribution is 7.90. The molecule has 2 saturated heterocycles. The van der Waals surface area contributed by atoms with Crippen molar-refractivity contribution in [2.24, 2.45) is 5.41 Å². The minimum Gasteiger partial charge on any atom is -0.497 e. The lowest BCUT2D eigenvalue weighted by atomic mass is 9.79. The molecule has 264 valence electrons. The lowest BCUT2D eigenvalue weighted by Crippen LogP contribution is -2.67. The molecule has 0 spiro atoms. The highest BCUT2D eigenvalue weighted by Crippen LogP contribution is 2.49. The first-order valence-electron chi connectivity index (χ1n) is 17.9. The van der Waals surface area contributed by atoms with Crippen molar-refractivity contribution in [1.82, 2.24) is 19.1 Å². The Bertz CT molecular complexity index is 1870. The predicted molar refractivity (Wildman–Crippen MR) is 190 cm³/mol. The van der Waals surface area contributed by atoms with E-state index >= 15 is 4.79 Å². The van der Waals surface area contributed by atoms with Crippen LogP contribution in [-0.4, -0.2) is 92.4 Å². The maximum absolute atomic E-state index is 15.1. The average Bonchev–Trinajstić information content (AvgIpc) is 3.32. The van der Waals surface area contributed by atoms with Gasteiger partial charge in [0, 0.05) is 41.7 Å². The molecule has 3 fully saturated rings. The van der Waals surface area contributed by atoms with E-state index < -0.39 is 26.6 Å². The molecule has 10 nitrogen and oxygen atoms in total. The standard InChI is InChI=1S/C38H50N4O6S/c1-6-24(2)49(45,46)39-36(43)26-12-14-32-33(17-26)41-23-38(3,37(44)42-28-19-40(4)20-29(42)22-48-21-28)18-27-16-30(47-5)13-15-31(27)35(41)34(32)25-10-8-7-9-11-25/h12-17,24-25,28-29H,6-11,18-23H2,1-5H3,(H,39,43). The molecule has 7 rings (SSSR count). The Morgan fingerprint density at radius 1 is 1.06 bits per heavy atom. The molecule has 1 aliphatic carbocycles. The van der Waals surface area contributed by atoms with Gasteiger partial charge in [-0.05, 0) is 94.0 Å². The number of sulfonamides is 1. The summed E-state index contributed by atoms with van der Waals surface area (Å²) in [5, 5.41) is 0.369. The third-order valence-electron chi connectivity index (χ3n) is 11.6. The zero-order valence-electron chi connectivity index (χ0n) is 29.5. The van der Waals surface area contributed by atoms with E-state index in [1.165, 1.54) is 12.0 Å². The van der Waals surface area contributed by atoms with E-state index in [1.807, 2.05) is 18.2 Å². The number of morpholine rings is 1. The van der Waals surface area contributed by atoms with Crippen molar-refractivity contribution in [2.45, 2.75) is 95.5 Å². The molecule has 4 unspecified atom stereocenters. The second kappa shape index (κ2) is 13.0. The maximum atomic E-state index is 15.1. The molecule has 1 saturated carbocycles. The monoisotopic (exact) mass is 690 g/mol. The van der Waals surface area contributed by atoms with E-state index in [0.29, 0.717) is 38.5 Å². The maximum Gasteiger partial charge on any atom is 0.264 e. The van der Waals surface area contributed by atoms with Crippen LogP contribution in [0.5, 0.6) is 5.75 Å². The van der Waals surface area contributed by atoms with Crippen LogP contribution in [0.4, 0.5) is 0 Å². The van der Waals surface area contributed by atoms with Crippen LogP contribution >= 0.6 is 0 Å². The zero-order valence-corrected chi connectivity index (χ0v) is 30.3. The predicted octanol–water partition coefficient (Wildman–Crippen LogP) is 5.33. The second-order valence-electron chi connectivity index (χ2n) is 15.1. The summed E-state index contributed by atoms with van der Waals surface area (Å²) in [4.78, 5) is 33.0. The summed E-state index contributed by atoms with van der Waals surface area (Å²) in [6.07, 6.45) is 6.62. The zero-order chi connectivity index (χ0) is 34.7. The van der Waals surface area contributed by atoms with Gasteiger partial charge in [-0.25, -0.2) is 13.1 Å². The summed E-state index contributed by atoms with van der Waals surface area (Å²) in [7, 11) is -0.0482. The van der Waals surface area contributed by atoms with E-state index in [-0.39, 0.29) is 23.6 Å². The Morgan fingerprint density at radius 2 is 1.78 bits per heavy atom. The molecule has 11 heteroatoms. The minimum absolute atomic E-state index is 0.0173. The van der Waals surface area contributed by atoms with Crippen LogP contribution in [0.1, 0.15) is 86.7 Å². The highest BCUT2D eigenvalue weighted by Gasteiger charge is 2.48. The van der Waals surface area contributed by atoms with Gasteiger partial charge in [-0.3, -0.25) is 9.59 Å². The van der Waals surface area contributed by atoms with E-state index in [1.54, 1.807) is 27.0 Å². The van der Waals surface area contributed by atoms with Crippen LogP contribution < -0.4 is 9.46 Å². The topological polar surface area (TPSA) is 110 Å². The largest absolute Gasteiger partial charge is 0.497 e. The minimum atomic E-state index is -3.83. The molecule has 4 atom stereocenters. The molecule has 1 aromatic heterocycles. The number of piperazine rings is 1. The number of aromatic nitrogens is 1. The van der Waals surface area contributed by atoms with E-state index in [2.05, 4.69) is 45.2 Å². The molecule has 2 amide bonds. The molecule has 2 bridgehead atoms. The molecule has 1 N–H and O–H groups in total. The number of hydrogen-bond acceptors (Lipinski definition) is 7. The number of methoxy groups -OCH3 is 1. The van der Waals surface area contributed by atoms with Gasteiger partial charge in [0.15, 0.2) is 0 Å². The summed E-state index contributed by atoms with van der Waals surface area (Å²) >= 11 is 0. The molecular weight excluding hydrogens is 641 g/mol. The lowest BCUT2D eigenvalue weighted by Gasteiger charge is -2.51. The molecule has 4 aliphatic rings. The van der Waals surface area contributed by atoms with Crippen molar-refractivity contribution in [1.29, 1.82) is 0 Å². The number of nitrogens with zero attached hydrogens (tertiary/aromatic N) is 3. The number of rotatable bonds is 7. The fourth-order valence-electron chi connectivity index (χ4n) is 8.85. The molecule has 4 heterocycles. The third kappa shape index (κ3) is 6.05. The van der Waals surface area contributed by atoms with Gasteiger partial charge in [0.1, 0.15) is 5.75 Å². The van der Waals surface area contributed by atoms with Crippen molar-refractivity contribution >= 4 is 32.7 Å². The normalized spacial score (nSPS) is 25.3.